The van der Waals surface area contributed by atoms with Crippen LogP contribution in [0.3, 0.4) is 0 Å². The molecule has 0 bridgehead atoms. The van der Waals surface area contributed by atoms with Crippen LogP contribution in [0.1, 0.15) is 70.6 Å². The minimum atomic E-state index is -0.962. The van der Waals surface area contributed by atoms with E-state index < -0.39 is 11.9 Å². The molecule has 0 heterocycles. The monoisotopic (exact) mass is 454 g/mol. The SMILES string of the molecule is O=C(O)CCC(=O)OCCCCCCCCCCCS.OCCOCCOCCO. The van der Waals surface area contributed by atoms with Gasteiger partial charge in [-0.1, -0.05) is 44.9 Å². The minimum absolute atomic E-state index is 0.0262. The molecule has 0 unspecified atom stereocenters. The van der Waals surface area contributed by atoms with Crippen LogP contribution in [0.4, 0.5) is 0 Å². The number of unbranched alkanes of at least 4 members (excludes halogenated alkanes) is 8. The number of hydrogen-bond donors (Lipinski definition) is 4. The lowest BCUT2D eigenvalue weighted by atomic mass is 10.1. The van der Waals surface area contributed by atoms with Crippen molar-refractivity contribution < 1.29 is 39.1 Å². The maximum absolute atomic E-state index is 11.1. The maximum Gasteiger partial charge on any atom is 0.306 e. The maximum atomic E-state index is 11.1. The fourth-order valence-corrected chi connectivity index (χ4v) is 2.59. The molecular formula is C21H42O8S. The van der Waals surface area contributed by atoms with Gasteiger partial charge < -0.3 is 29.5 Å². The molecule has 0 aliphatic heterocycles. The van der Waals surface area contributed by atoms with E-state index in [4.69, 9.17) is 29.5 Å². The number of carbonyl (C=O) groups is 2. The number of ether oxygens (including phenoxy) is 3. The summed E-state index contributed by atoms with van der Waals surface area (Å²) in [6.07, 6.45) is 10.6. The van der Waals surface area contributed by atoms with E-state index >= 15 is 0 Å². The molecule has 0 aliphatic carbocycles. The zero-order valence-corrected chi connectivity index (χ0v) is 19.2. The van der Waals surface area contributed by atoms with Gasteiger partial charge in [0, 0.05) is 0 Å². The van der Waals surface area contributed by atoms with Gasteiger partial charge in [0.2, 0.25) is 0 Å². The van der Waals surface area contributed by atoms with Gasteiger partial charge in [0.05, 0.1) is 59.1 Å². The summed E-state index contributed by atoms with van der Waals surface area (Å²) in [5.41, 5.74) is 0. The van der Waals surface area contributed by atoms with Crippen LogP contribution in [0.5, 0.6) is 0 Å². The quantitative estimate of drug-likeness (QED) is 0.119. The molecule has 0 radical (unpaired) electrons. The van der Waals surface area contributed by atoms with Crippen molar-refractivity contribution in [3.05, 3.63) is 0 Å². The van der Waals surface area contributed by atoms with Crippen LogP contribution in [0.15, 0.2) is 0 Å². The van der Waals surface area contributed by atoms with Crippen LogP contribution >= 0.6 is 12.6 Å². The van der Waals surface area contributed by atoms with Crippen LogP contribution in [0.2, 0.25) is 0 Å². The van der Waals surface area contributed by atoms with Gasteiger partial charge in [-0.25, -0.2) is 0 Å². The summed E-state index contributed by atoms with van der Waals surface area (Å²) in [4.78, 5) is 21.4. The van der Waals surface area contributed by atoms with E-state index in [0.29, 0.717) is 33.0 Å². The molecule has 3 N–H and O–H groups in total. The molecule has 0 aromatic heterocycles. The molecule has 9 heteroatoms. The highest BCUT2D eigenvalue weighted by molar-refractivity contribution is 7.80. The number of aliphatic hydroxyl groups is 2. The van der Waals surface area contributed by atoms with Gasteiger partial charge >= 0.3 is 11.9 Å². The van der Waals surface area contributed by atoms with Crippen molar-refractivity contribution in [2.75, 3.05) is 52.0 Å². The van der Waals surface area contributed by atoms with Crippen molar-refractivity contribution in [1.82, 2.24) is 0 Å². The van der Waals surface area contributed by atoms with Crippen LogP contribution in [-0.4, -0.2) is 79.3 Å². The number of rotatable bonds is 21. The van der Waals surface area contributed by atoms with Crippen molar-refractivity contribution in [1.29, 1.82) is 0 Å². The highest BCUT2D eigenvalue weighted by atomic mass is 32.1. The number of aliphatic hydroxyl groups excluding tert-OH is 2. The number of thiol groups is 1. The Hall–Kier alpha value is -0.870. The molecule has 30 heavy (non-hydrogen) atoms. The summed E-state index contributed by atoms with van der Waals surface area (Å²) < 4.78 is 14.7. The normalized spacial score (nSPS) is 10.4. The molecule has 0 amide bonds. The lowest BCUT2D eigenvalue weighted by molar-refractivity contribution is -0.147. The smallest absolute Gasteiger partial charge is 0.306 e. The summed E-state index contributed by atoms with van der Waals surface area (Å²) in [7, 11) is 0. The molecule has 0 saturated heterocycles. The fraction of sp³-hybridized carbons (Fsp3) is 0.905. The van der Waals surface area contributed by atoms with Crippen LogP contribution in [-0.2, 0) is 23.8 Å². The predicted molar refractivity (Wildman–Crippen MR) is 119 cm³/mol. The molecule has 8 nitrogen and oxygen atoms in total. The Labute approximate surface area is 186 Å². The van der Waals surface area contributed by atoms with Gasteiger partial charge in [0.15, 0.2) is 0 Å². The Balaban J connectivity index is 0. The second-order valence-corrected chi connectivity index (χ2v) is 7.14. The Bertz CT molecular complexity index is 361. The van der Waals surface area contributed by atoms with E-state index in [-0.39, 0.29) is 26.1 Å². The Morgan fingerprint density at radius 2 is 1.10 bits per heavy atom. The van der Waals surface area contributed by atoms with Crippen molar-refractivity contribution in [3.63, 3.8) is 0 Å². The van der Waals surface area contributed by atoms with E-state index in [1.54, 1.807) is 0 Å². The van der Waals surface area contributed by atoms with Gasteiger partial charge in [0.1, 0.15) is 0 Å². The fourth-order valence-electron chi connectivity index (χ4n) is 2.37. The van der Waals surface area contributed by atoms with Gasteiger partial charge in [-0.2, -0.15) is 12.6 Å². The standard InChI is InChI=1S/C15H28O4S.C6H14O4/c16-14(17)10-11-15(18)19-12-8-6-4-2-1-3-5-7-9-13-20;7-1-3-9-5-6-10-4-2-8/h20H,1-13H2,(H,16,17);7-8H,1-6H2. The number of carbonyl (C=O) groups excluding carboxylic acids is 1. The first-order chi connectivity index (χ1) is 14.6. The first-order valence-electron chi connectivity index (χ1n) is 10.9. The molecule has 0 aliphatic rings. The number of esters is 1. The number of hydrogen-bond acceptors (Lipinski definition) is 8. The third-order valence-electron chi connectivity index (χ3n) is 3.95. The van der Waals surface area contributed by atoms with Crippen molar-refractivity contribution in [2.45, 2.75) is 70.6 Å². The second-order valence-electron chi connectivity index (χ2n) is 6.69. The first kappa shape index (κ1) is 31.3. The molecule has 0 aromatic rings. The molecular weight excluding hydrogens is 412 g/mol. The zero-order valence-electron chi connectivity index (χ0n) is 18.3. The van der Waals surface area contributed by atoms with Gasteiger partial charge in [0.25, 0.3) is 0 Å². The highest BCUT2D eigenvalue weighted by Crippen LogP contribution is 2.10. The number of carboxylic acids is 1. The van der Waals surface area contributed by atoms with Crippen molar-refractivity contribution >= 4 is 24.6 Å². The zero-order chi connectivity index (χ0) is 22.7. The van der Waals surface area contributed by atoms with E-state index in [0.717, 1.165) is 18.6 Å². The second kappa shape index (κ2) is 28.1. The van der Waals surface area contributed by atoms with Crippen molar-refractivity contribution in [2.24, 2.45) is 0 Å². The van der Waals surface area contributed by atoms with Crippen LogP contribution in [0, 0.1) is 0 Å². The molecule has 180 valence electrons. The molecule has 0 aromatic carbocycles. The summed E-state index contributed by atoms with van der Waals surface area (Å²) in [5.74, 6) is -0.376. The Morgan fingerprint density at radius 1 is 0.633 bits per heavy atom. The highest BCUT2D eigenvalue weighted by Gasteiger charge is 2.05. The van der Waals surface area contributed by atoms with Gasteiger partial charge in [-0.05, 0) is 18.6 Å². The lowest BCUT2D eigenvalue weighted by Crippen LogP contribution is -2.09. The third-order valence-corrected chi connectivity index (χ3v) is 4.27. The largest absolute Gasteiger partial charge is 0.481 e. The lowest BCUT2D eigenvalue weighted by Gasteiger charge is -2.04. The first-order valence-corrected chi connectivity index (χ1v) is 11.6. The van der Waals surface area contributed by atoms with E-state index in [2.05, 4.69) is 12.6 Å². The molecule has 0 fully saturated rings. The molecule has 0 saturated carbocycles. The molecule has 0 rings (SSSR count). The van der Waals surface area contributed by atoms with E-state index in [9.17, 15) is 9.59 Å². The minimum Gasteiger partial charge on any atom is -0.481 e. The average molecular weight is 455 g/mol. The van der Waals surface area contributed by atoms with Crippen LogP contribution < -0.4 is 0 Å². The molecule has 0 atom stereocenters. The van der Waals surface area contributed by atoms with Crippen LogP contribution in [0.25, 0.3) is 0 Å². The summed E-state index contributed by atoms with van der Waals surface area (Å²) >= 11 is 4.18. The summed E-state index contributed by atoms with van der Waals surface area (Å²) in [6.45, 7) is 2.15. The third kappa shape index (κ3) is 31.8. The van der Waals surface area contributed by atoms with Gasteiger partial charge in [-0.3, -0.25) is 9.59 Å². The summed E-state index contributed by atoms with van der Waals surface area (Å²) in [5, 5.41) is 24.9. The predicted octanol–water partition coefficient (Wildman–Crippen LogP) is 2.84. The Morgan fingerprint density at radius 3 is 1.53 bits per heavy atom. The average Bonchev–Trinajstić information content (AvgIpc) is 2.73. The van der Waals surface area contributed by atoms with Crippen molar-refractivity contribution in [3.8, 4) is 0 Å². The van der Waals surface area contributed by atoms with E-state index in [1.165, 1.54) is 44.9 Å². The van der Waals surface area contributed by atoms with E-state index in [1.807, 2.05) is 0 Å². The number of carboxylic acid groups (broad SMARTS) is 1. The summed E-state index contributed by atoms with van der Waals surface area (Å²) in [6, 6.07) is 0. The Kier molecular flexibility index (Phi) is 29.4. The number of aliphatic carboxylic acids is 1. The topological polar surface area (TPSA) is 123 Å². The molecule has 0 spiro atoms. The van der Waals surface area contributed by atoms with Gasteiger partial charge in [-0.15, -0.1) is 0 Å².